The molecule has 3 rings (SSSR count). The molecular formula is C19H31N5. The lowest BCUT2D eigenvalue weighted by Gasteiger charge is -2.32. The molecule has 1 aromatic heterocycles. The van der Waals surface area contributed by atoms with Gasteiger partial charge in [-0.2, -0.15) is 0 Å². The number of nitrogens with zero attached hydrogens (tertiary/aromatic N) is 3. The number of rotatable bonds is 7. The second-order valence-electron chi connectivity index (χ2n) is 7.01. The number of piperidine rings is 1. The average molecular weight is 329 g/mol. The third-order valence-corrected chi connectivity index (χ3v) is 4.89. The fraction of sp³-hybridized carbons (Fsp3) is 0.684. The summed E-state index contributed by atoms with van der Waals surface area (Å²) in [5, 5.41) is 7.02. The van der Waals surface area contributed by atoms with Crippen LogP contribution in [0.2, 0.25) is 0 Å². The Balaban J connectivity index is 1.41. The van der Waals surface area contributed by atoms with E-state index in [1.807, 2.05) is 12.3 Å². The van der Waals surface area contributed by atoms with Gasteiger partial charge in [-0.25, -0.2) is 0 Å². The number of nitrogens with one attached hydrogen (secondary N) is 2. The van der Waals surface area contributed by atoms with E-state index in [1.165, 1.54) is 37.8 Å². The number of hydrogen-bond acceptors (Lipinski definition) is 3. The minimum Gasteiger partial charge on any atom is -0.357 e. The van der Waals surface area contributed by atoms with Crippen LogP contribution in [0.3, 0.4) is 0 Å². The van der Waals surface area contributed by atoms with Gasteiger partial charge < -0.3 is 10.6 Å². The SMILES string of the molecule is CCNC(=NCCC1CC1)NC1CCN(Cc2ccccn2)CC1. The highest BCUT2D eigenvalue weighted by Gasteiger charge is 2.21. The van der Waals surface area contributed by atoms with Gasteiger partial charge in [-0.05, 0) is 44.2 Å². The Morgan fingerprint density at radius 3 is 2.75 bits per heavy atom. The summed E-state index contributed by atoms with van der Waals surface area (Å²) in [6, 6.07) is 6.69. The molecule has 2 N–H and O–H groups in total. The summed E-state index contributed by atoms with van der Waals surface area (Å²) in [5.41, 5.74) is 1.17. The van der Waals surface area contributed by atoms with Gasteiger partial charge in [0, 0.05) is 45.0 Å². The van der Waals surface area contributed by atoms with Crippen LogP contribution in [0.1, 0.15) is 44.7 Å². The zero-order chi connectivity index (χ0) is 16.6. The Labute approximate surface area is 146 Å². The van der Waals surface area contributed by atoms with Crippen LogP contribution >= 0.6 is 0 Å². The normalized spacial score (nSPS) is 20.1. The summed E-state index contributed by atoms with van der Waals surface area (Å²) < 4.78 is 0. The highest BCUT2D eigenvalue weighted by atomic mass is 15.2. The van der Waals surface area contributed by atoms with Crippen molar-refractivity contribution in [1.82, 2.24) is 20.5 Å². The van der Waals surface area contributed by atoms with Gasteiger partial charge >= 0.3 is 0 Å². The zero-order valence-electron chi connectivity index (χ0n) is 14.9. The molecule has 2 aliphatic rings. The molecule has 5 nitrogen and oxygen atoms in total. The van der Waals surface area contributed by atoms with Gasteiger partial charge in [-0.1, -0.05) is 18.9 Å². The van der Waals surface area contributed by atoms with E-state index in [2.05, 4.69) is 39.6 Å². The van der Waals surface area contributed by atoms with Crippen molar-refractivity contribution in [2.45, 2.75) is 51.6 Å². The second-order valence-corrected chi connectivity index (χ2v) is 7.01. The number of guanidine groups is 1. The first-order chi connectivity index (χ1) is 11.8. The van der Waals surface area contributed by atoms with E-state index < -0.39 is 0 Å². The molecule has 2 fully saturated rings. The predicted molar refractivity (Wildman–Crippen MR) is 99.0 cm³/mol. The summed E-state index contributed by atoms with van der Waals surface area (Å²) >= 11 is 0. The Morgan fingerprint density at radius 1 is 1.25 bits per heavy atom. The van der Waals surface area contributed by atoms with Crippen molar-refractivity contribution in [3.05, 3.63) is 30.1 Å². The number of hydrogen-bond donors (Lipinski definition) is 2. The van der Waals surface area contributed by atoms with Gasteiger partial charge in [0.05, 0.1) is 5.69 Å². The van der Waals surface area contributed by atoms with Crippen molar-refractivity contribution >= 4 is 5.96 Å². The van der Waals surface area contributed by atoms with E-state index in [0.717, 1.165) is 44.6 Å². The molecule has 0 atom stereocenters. The molecular weight excluding hydrogens is 298 g/mol. The van der Waals surface area contributed by atoms with E-state index in [4.69, 9.17) is 4.99 Å². The molecule has 1 saturated heterocycles. The van der Waals surface area contributed by atoms with Crippen molar-refractivity contribution in [2.75, 3.05) is 26.2 Å². The minimum absolute atomic E-state index is 0.531. The topological polar surface area (TPSA) is 52.6 Å². The van der Waals surface area contributed by atoms with Gasteiger partial charge in [0.1, 0.15) is 0 Å². The smallest absolute Gasteiger partial charge is 0.191 e. The minimum atomic E-state index is 0.531. The predicted octanol–water partition coefficient (Wildman–Crippen LogP) is 2.40. The van der Waals surface area contributed by atoms with E-state index in [0.29, 0.717) is 6.04 Å². The van der Waals surface area contributed by atoms with Crippen molar-refractivity contribution in [1.29, 1.82) is 0 Å². The third-order valence-electron chi connectivity index (χ3n) is 4.89. The maximum Gasteiger partial charge on any atom is 0.191 e. The molecule has 1 aliphatic carbocycles. The number of aliphatic imine (C=N–C) groups is 1. The molecule has 0 amide bonds. The Kier molecular flexibility index (Phi) is 6.47. The van der Waals surface area contributed by atoms with Crippen molar-refractivity contribution in [3.8, 4) is 0 Å². The third kappa shape index (κ3) is 5.78. The summed E-state index contributed by atoms with van der Waals surface area (Å²) in [6.45, 7) is 7.22. The van der Waals surface area contributed by atoms with Gasteiger partial charge in [0.2, 0.25) is 0 Å². The zero-order valence-corrected chi connectivity index (χ0v) is 14.9. The van der Waals surface area contributed by atoms with Crippen molar-refractivity contribution in [2.24, 2.45) is 10.9 Å². The van der Waals surface area contributed by atoms with Crippen LogP contribution in [0.5, 0.6) is 0 Å². The highest BCUT2D eigenvalue weighted by Crippen LogP contribution is 2.32. The molecule has 0 radical (unpaired) electrons. The summed E-state index contributed by atoms with van der Waals surface area (Å²) in [5.74, 6) is 1.95. The van der Waals surface area contributed by atoms with E-state index in [-0.39, 0.29) is 0 Å². The molecule has 0 bridgehead atoms. The van der Waals surface area contributed by atoms with Crippen molar-refractivity contribution < 1.29 is 0 Å². The molecule has 0 unspecified atom stereocenters. The summed E-state index contributed by atoms with van der Waals surface area (Å²) in [7, 11) is 0. The van der Waals surface area contributed by atoms with Gasteiger partial charge in [-0.3, -0.25) is 14.9 Å². The van der Waals surface area contributed by atoms with Crippen LogP contribution in [-0.2, 0) is 6.54 Å². The lowest BCUT2D eigenvalue weighted by molar-refractivity contribution is 0.196. The second kappa shape index (κ2) is 9.02. The highest BCUT2D eigenvalue weighted by molar-refractivity contribution is 5.80. The quantitative estimate of drug-likeness (QED) is 0.596. The lowest BCUT2D eigenvalue weighted by atomic mass is 10.0. The standard InChI is InChI=1S/C19H31N5/c1-2-20-19(22-12-8-16-6-7-16)23-17-9-13-24(14-10-17)15-18-5-3-4-11-21-18/h3-5,11,16-17H,2,6-10,12-15H2,1H3,(H2,20,22,23). The lowest BCUT2D eigenvalue weighted by Crippen LogP contribution is -2.48. The molecule has 2 heterocycles. The fourth-order valence-electron chi connectivity index (χ4n) is 3.23. The molecule has 5 heteroatoms. The largest absolute Gasteiger partial charge is 0.357 e. The Bertz CT molecular complexity index is 504. The monoisotopic (exact) mass is 329 g/mol. The van der Waals surface area contributed by atoms with Crippen LogP contribution in [0.25, 0.3) is 0 Å². The van der Waals surface area contributed by atoms with E-state index in [9.17, 15) is 0 Å². The summed E-state index contributed by atoms with van der Waals surface area (Å²) in [4.78, 5) is 11.7. The van der Waals surface area contributed by atoms with Crippen LogP contribution in [0.15, 0.2) is 29.4 Å². The van der Waals surface area contributed by atoms with Gasteiger partial charge in [-0.15, -0.1) is 0 Å². The van der Waals surface area contributed by atoms with E-state index >= 15 is 0 Å². The molecule has 24 heavy (non-hydrogen) atoms. The molecule has 0 spiro atoms. The average Bonchev–Trinajstić information content (AvgIpc) is 3.42. The Morgan fingerprint density at radius 2 is 2.08 bits per heavy atom. The van der Waals surface area contributed by atoms with Crippen molar-refractivity contribution in [3.63, 3.8) is 0 Å². The van der Waals surface area contributed by atoms with Gasteiger partial charge in [0.15, 0.2) is 5.96 Å². The molecule has 1 saturated carbocycles. The first-order valence-electron chi connectivity index (χ1n) is 9.50. The van der Waals surface area contributed by atoms with Crippen LogP contribution < -0.4 is 10.6 Å². The summed E-state index contributed by atoms with van der Waals surface area (Å²) in [6.07, 6.45) is 8.28. The first kappa shape index (κ1) is 17.2. The molecule has 1 aromatic rings. The van der Waals surface area contributed by atoms with Crippen LogP contribution in [0.4, 0.5) is 0 Å². The maximum atomic E-state index is 4.75. The van der Waals surface area contributed by atoms with E-state index in [1.54, 1.807) is 0 Å². The Hall–Kier alpha value is -1.62. The molecule has 132 valence electrons. The number of likely N-dealkylation sites (tertiary alicyclic amines) is 1. The molecule has 1 aliphatic heterocycles. The first-order valence-corrected chi connectivity index (χ1v) is 9.50. The maximum absolute atomic E-state index is 4.75. The number of aromatic nitrogens is 1. The molecule has 0 aromatic carbocycles. The van der Waals surface area contributed by atoms with Crippen LogP contribution in [-0.4, -0.2) is 48.1 Å². The fourth-order valence-corrected chi connectivity index (χ4v) is 3.23. The number of pyridine rings is 1. The van der Waals surface area contributed by atoms with Crippen LogP contribution in [0, 0.1) is 5.92 Å². The van der Waals surface area contributed by atoms with Gasteiger partial charge in [0.25, 0.3) is 0 Å².